The standard InChI is InChI=1S/C12H15BrN6/c1-2-14-11-9(13)7-15-12(18-11)17-10-5-6-16-19(10)8-3-4-8/h5-8H,2-4H2,1H3,(H2,14,15,17,18). The third-order valence-corrected chi connectivity index (χ3v) is 3.47. The van der Waals surface area contributed by atoms with Crippen molar-refractivity contribution >= 4 is 33.5 Å². The zero-order valence-electron chi connectivity index (χ0n) is 10.6. The van der Waals surface area contributed by atoms with Crippen LogP contribution in [-0.4, -0.2) is 26.3 Å². The highest BCUT2D eigenvalue weighted by Crippen LogP contribution is 2.36. The molecule has 1 saturated carbocycles. The first-order valence-corrected chi connectivity index (χ1v) is 7.14. The predicted molar refractivity (Wildman–Crippen MR) is 77.7 cm³/mol. The highest BCUT2D eigenvalue weighted by molar-refractivity contribution is 9.10. The van der Waals surface area contributed by atoms with Crippen molar-refractivity contribution in [2.45, 2.75) is 25.8 Å². The van der Waals surface area contributed by atoms with Crippen molar-refractivity contribution in [2.75, 3.05) is 17.2 Å². The molecule has 1 aliphatic carbocycles. The van der Waals surface area contributed by atoms with E-state index >= 15 is 0 Å². The summed E-state index contributed by atoms with van der Waals surface area (Å²) in [5.41, 5.74) is 0. The minimum atomic E-state index is 0.529. The van der Waals surface area contributed by atoms with E-state index in [1.807, 2.05) is 17.7 Å². The maximum atomic E-state index is 4.44. The Hall–Kier alpha value is -1.63. The first-order chi connectivity index (χ1) is 9.28. The Morgan fingerprint density at radius 2 is 2.32 bits per heavy atom. The number of anilines is 3. The van der Waals surface area contributed by atoms with Crippen molar-refractivity contribution in [1.29, 1.82) is 0 Å². The summed E-state index contributed by atoms with van der Waals surface area (Å²) in [4.78, 5) is 8.70. The highest BCUT2D eigenvalue weighted by atomic mass is 79.9. The molecule has 1 fully saturated rings. The topological polar surface area (TPSA) is 67.7 Å². The predicted octanol–water partition coefficient (Wildman–Crippen LogP) is 2.95. The highest BCUT2D eigenvalue weighted by Gasteiger charge is 2.26. The summed E-state index contributed by atoms with van der Waals surface area (Å²) in [5.74, 6) is 2.30. The number of nitrogens with zero attached hydrogens (tertiary/aromatic N) is 4. The molecule has 2 aromatic heterocycles. The summed E-state index contributed by atoms with van der Waals surface area (Å²) in [7, 11) is 0. The third kappa shape index (κ3) is 2.70. The first-order valence-electron chi connectivity index (χ1n) is 6.35. The van der Waals surface area contributed by atoms with Crippen LogP contribution < -0.4 is 10.6 Å². The molecule has 0 aliphatic heterocycles. The second kappa shape index (κ2) is 5.16. The second-order valence-electron chi connectivity index (χ2n) is 4.44. The average Bonchev–Trinajstić information content (AvgIpc) is 3.15. The molecule has 19 heavy (non-hydrogen) atoms. The fourth-order valence-electron chi connectivity index (χ4n) is 1.86. The molecule has 3 rings (SSSR count). The van der Waals surface area contributed by atoms with Crippen LogP contribution in [0.1, 0.15) is 25.8 Å². The Kier molecular flexibility index (Phi) is 3.37. The number of hydrogen-bond acceptors (Lipinski definition) is 5. The average molecular weight is 323 g/mol. The quantitative estimate of drug-likeness (QED) is 0.885. The maximum absolute atomic E-state index is 4.44. The summed E-state index contributed by atoms with van der Waals surface area (Å²) in [5, 5.41) is 10.7. The van der Waals surface area contributed by atoms with E-state index in [9.17, 15) is 0 Å². The lowest BCUT2D eigenvalue weighted by molar-refractivity contribution is 0.649. The SMILES string of the molecule is CCNc1nc(Nc2ccnn2C2CC2)ncc1Br. The molecule has 6 nitrogen and oxygen atoms in total. The molecule has 0 atom stereocenters. The van der Waals surface area contributed by atoms with Crippen LogP contribution in [0.5, 0.6) is 0 Å². The van der Waals surface area contributed by atoms with Crippen molar-refractivity contribution < 1.29 is 0 Å². The van der Waals surface area contributed by atoms with Gasteiger partial charge in [-0.05, 0) is 35.7 Å². The van der Waals surface area contributed by atoms with Gasteiger partial charge in [0.15, 0.2) is 0 Å². The number of aromatic nitrogens is 4. The van der Waals surface area contributed by atoms with Gasteiger partial charge in [0, 0.05) is 18.8 Å². The minimum Gasteiger partial charge on any atom is -0.369 e. The molecule has 0 saturated heterocycles. The molecule has 0 amide bonds. The van der Waals surface area contributed by atoms with Crippen LogP contribution in [0, 0.1) is 0 Å². The lowest BCUT2D eigenvalue weighted by Gasteiger charge is -2.10. The van der Waals surface area contributed by atoms with Crippen LogP contribution in [0.2, 0.25) is 0 Å². The Balaban J connectivity index is 1.82. The van der Waals surface area contributed by atoms with Crippen molar-refractivity contribution in [3.05, 3.63) is 22.9 Å². The summed E-state index contributed by atoms with van der Waals surface area (Å²) >= 11 is 3.42. The molecule has 0 aromatic carbocycles. The van der Waals surface area contributed by atoms with E-state index < -0.39 is 0 Å². The van der Waals surface area contributed by atoms with E-state index in [4.69, 9.17) is 0 Å². The molecule has 100 valence electrons. The molecule has 2 heterocycles. The Morgan fingerprint density at radius 3 is 3.05 bits per heavy atom. The molecule has 7 heteroatoms. The number of hydrogen-bond donors (Lipinski definition) is 2. The maximum Gasteiger partial charge on any atom is 0.230 e. The van der Waals surface area contributed by atoms with Crippen molar-refractivity contribution in [3.63, 3.8) is 0 Å². The summed E-state index contributed by atoms with van der Waals surface area (Å²) in [6.07, 6.45) is 5.93. The van der Waals surface area contributed by atoms with E-state index in [2.05, 4.69) is 41.6 Å². The van der Waals surface area contributed by atoms with E-state index in [1.54, 1.807) is 12.4 Å². The van der Waals surface area contributed by atoms with Gasteiger partial charge in [0.2, 0.25) is 5.95 Å². The largest absolute Gasteiger partial charge is 0.369 e. The molecule has 0 radical (unpaired) electrons. The molecule has 1 aliphatic rings. The Labute approximate surface area is 119 Å². The fraction of sp³-hybridized carbons (Fsp3) is 0.417. The van der Waals surface area contributed by atoms with Crippen LogP contribution in [0.15, 0.2) is 22.9 Å². The fourth-order valence-corrected chi connectivity index (χ4v) is 2.19. The minimum absolute atomic E-state index is 0.529. The summed E-state index contributed by atoms with van der Waals surface area (Å²) in [6, 6.07) is 2.47. The lowest BCUT2D eigenvalue weighted by Crippen LogP contribution is -2.07. The van der Waals surface area contributed by atoms with Gasteiger partial charge in [-0.1, -0.05) is 0 Å². The van der Waals surface area contributed by atoms with Crippen LogP contribution in [0.4, 0.5) is 17.6 Å². The van der Waals surface area contributed by atoms with Gasteiger partial charge >= 0.3 is 0 Å². The molecule has 0 unspecified atom stereocenters. The van der Waals surface area contributed by atoms with Gasteiger partial charge < -0.3 is 10.6 Å². The van der Waals surface area contributed by atoms with E-state index in [-0.39, 0.29) is 0 Å². The van der Waals surface area contributed by atoms with Gasteiger partial charge in [-0.3, -0.25) is 0 Å². The van der Waals surface area contributed by atoms with Crippen LogP contribution in [0.3, 0.4) is 0 Å². The van der Waals surface area contributed by atoms with Crippen LogP contribution in [-0.2, 0) is 0 Å². The zero-order chi connectivity index (χ0) is 13.2. The van der Waals surface area contributed by atoms with Crippen LogP contribution >= 0.6 is 15.9 Å². The molecule has 0 spiro atoms. The second-order valence-corrected chi connectivity index (χ2v) is 5.29. The number of rotatable bonds is 5. The van der Waals surface area contributed by atoms with E-state index in [0.717, 1.165) is 22.7 Å². The number of halogens is 1. The molecule has 0 bridgehead atoms. The lowest BCUT2D eigenvalue weighted by atomic mass is 10.5. The number of nitrogens with one attached hydrogen (secondary N) is 2. The zero-order valence-corrected chi connectivity index (χ0v) is 12.2. The summed E-state index contributed by atoms with van der Waals surface area (Å²) in [6.45, 7) is 2.85. The normalized spacial score (nSPS) is 14.4. The molecule has 2 aromatic rings. The third-order valence-electron chi connectivity index (χ3n) is 2.89. The Bertz CT molecular complexity index is 577. The van der Waals surface area contributed by atoms with Gasteiger partial charge in [0.05, 0.1) is 16.7 Å². The van der Waals surface area contributed by atoms with Gasteiger partial charge in [-0.15, -0.1) is 0 Å². The van der Waals surface area contributed by atoms with Gasteiger partial charge in [0.1, 0.15) is 11.6 Å². The van der Waals surface area contributed by atoms with Gasteiger partial charge in [-0.2, -0.15) is 10.1 Å². The summed E-state index contributed by atoms with van der Waals surface area (Å²) < 4.78 is 2.86. The Morgan fingerprint density at radius 1 is 1.47 bits per heavy atom. The van der Waals surface area contributed by atoms with Crippen molar-refractivity contribution in [2.24, 2.45) is 0 Å². The molecular formula is C12H15BrN6. The van der Waals surface area contributed by atoms with E-state index in [1.165, 1.54) is 12.8 Å². The molecule has 2 N–H and O–H groups in total. The monoisotopic (exact) mass is 322 g/mol. The van der Waals surface area contributed by atoms with Gasteiger partial charge in [0.25, 0.3) is 0 Å². The molecular weight excluding hydrogens is 308 g/mol. The smallest absolute Gasteiger partial charge is 0.230 e. The van der Waals surface area contributed by atoms with Crippen LogP contribution in [0.25, 0.3) is 0 Å². The van der Waals surface area contributed by atoms with Crippen molar-refractivity contribution in [3.8, 4) is 0 Å². The van der Waals surface area contributed by atoms with E-state index in [0.29, 0.717) is 12.0 Å². The first kappa shape index (κ1) is 12.4. The van der Waals surface area contributed by atoms with Gasteiger partial charge in [-0.25, -0.2) is 9.67 Å². The van der Waals surface area contributed by atoms with Crippen molar-refractivity contribution in [1.82, 2.24) is 19.7 Å².